The average Bonchev–Trinajstić information content (AvgIpc) is 2.41. The third-order valence-corrected chi connectivity index (χ3v) is 3.66. The van der Waals surface area contributed by atoms with Gasteiger partial charge in [-0.15, -0.1) is 0 Å². The highest BCUT2D eigenvalue weighted by molar-refractivity contribution is 5.56. The van der Waals surface area contributed by atoms with Gasteiger partial charge in [0.2, 0.25) is 0 Å². The Labute approximate surface area is 116 Å². The number of aryl methyl sites for hydroxylation is 1. The first-order chi connectivity index (χ1) is 9.63. The molecule has 0 fully saturated rings. The third-order valence-electron chi connectivity index (χ3n) is 3.66. The summed E-state index contributed by atoms with van der Waals surface area (Å²) in [5.74, 6) is -1.56. The normalized spacial score (nSPS) is 14.2. The molecule has 0 atom stereocenters. The van der Waals surface area contributed by atoms with Gasteiger partial charge in [-0.3, -0.25) is 0 Å². The lowest BCUT2D eigenvalue weighted by Gasteiger charge is -2.31. The highest BCUT2D eigenvalue weighted by Gasteiger charge is 2.19. The molecule has 0 saturated heterocycles. The number of benzene rings is 2. The van der Waals surface area contributed by atoms with Gasteiger partial charge in [0.25, 0.3) is 0 Å². The van der Waals surface area contributed by atoms with Gasteiger partial charge in [-0.05, 0) is 42.2 Å². The van der Waals surface area contributed by atoms with Crippen LogP contribution in [0.1, 0.15) is 17.5 Å². The van der Waals surface area contributed by atoms with Crippen LogP contribution in [-0.4, -0.2) is 6.54 Å². The van der Waals surface area contributed by atoms with E-state index in [4.69, 9.17) is 5.73 Å². The molecule has 2 aromatic carbocycles. The minimum absolute atomic E-state index is 0.656. The summed E-state index contributed by atoms with van der Waals surface area (Å²) in [6.45, 7) is 1.50. The highest BCUT2D eigenvalue weighted by Crippen LogP contribution is 2.30. The van der Waals surface area contributed by atoms with Crippen LogP contribution >= 0.6 is 0 Å². The van der Waals surface area contributed by atoms with Crippen molar-refractivity contribution < 1.29 is 8.78 Å². The number of rotatable bonds is 2. The second kappa shape index (κ2) is 5.12. The Morgan fingerprint density at radius 2 is 1.90 bits per heavy atom. The van der Waals surface area contributed by atoms with Crippen molar-refractivity contribution in [2.24, 2.45) is 0 Å². The van der Waals surface area contributed by atoms with Crippen LogP contribution in [0.15, 0.2) is 36.4 Å². The van der Waals surface area contributed by atoms with E-state index in [0.29, 0.717) is 12.2 Å². The Kier molecular flexibility index (Phi) is 3.30. The molecule has 2 nitrogen and oxygen atoms in total. The second-order valence-electron chi connectivity index (χ2n) is 5.17. The summed E-state index contributed by atoms with van der Waals surface area (Å²) in [7, 11) is 0. The number of nitrogen functional groups attached to an aromatic ring is 1. The summed E-state index contributed by atoms with van der Waals surface area (Å²) < 4.78 is 26.8. The van der Waals surface area contributed by atoms with Gasteiger partial charge in [0.15, 0.2) is 11.6 Å². The van der Waals surface area contributed by atoms with Crippen molar-refractivity contribution in [3.63, 3.8) is 0 Å². The van der Waals surface area contributed by atoms with E-state index in [1.807, 2.05) is 24.3 Å². The van der Waals surface area contributed by atoms with E-state index in [1.54, 1.807) is 0 Å². The fraction of sp³-hybridized carbons (Fsp3) is 0.250. The lowest BCUT2D eigenvalue weighted by molar-refractivity contribution is 0.504. The van der Waals surface area contributed by atoms with Crippen molar-refractivity contribution >= 4 is 11.4 Å². The molecule has 0 radical (unpaired) electrons. The predicted octanol–water partition coefficient (Wildman–Crippen LogP) is 3.50. The van der Waals surface area contributed by atoms with Crippen molar-refractivity contribution in [2.45, 2.75) is 19.4 Å². The standard InChI is InChI=1S/C16H16F2N2/c17-14-8-12-4-2-6-20(16(12)9-15(14)18)10-11-3-1-5-13(19)7-11/h1,3,5,7-9H,2,4,6,10,19H2. The summed E-state index contributed by atoms with van der Waals surface area (Å²) >= 11 is 0. The zero-order chi connectivity index (χ0) is 14.1. The molecule has 0 aliphatic carbocycles. The number of fused-ring (bicyclic) bond motifs is 1. The second-order valence-corrected chi connectivity index (χ2v) is 5.17. The Morgan fingerprint density at radius 1 is 1.10 bits per heavy atom. The Balaban J connectivity index is 1.92. The maximum Gasteiger partial charge on any atom is 0.160 e. The zero-order valence-corrected chi connectivity index (χ0v) is 11.1. The Hall–Kier alpha value is -2.10. The third kappa shape index (κ3) is 2.46. The smallest absolute Gasteiger partial charge is 0.160 e. The molecular weight excluding hydrogens is 258 g/mol. The maximum atomic E-state index is 13.5. The van der Waals surface area contributed by atoms with E-state index < -0.39 is 11.6 Å². The van der Waals surface area contributed by atoms with Crippen LogP contribution in [0.5, 0.6) is 0 Å². The number of hydrogen-bond donors (Lipinski definition) is 1. The molecule has 0 amide bonds. The number of hydrogen-bond acceptors (Lipinski definition) is 2. The minimum atomic E-state index is -0.789. The van der Waals surface area contributed by atoms with E-state index in [-0.39, 0.29) is 0 Å². The van der Waals surface area contributed by atoms with Gasteiger partial charge in [0.1, 0.15) is 0 Å². The lowest BCUT2D eigenvalue weighted by atomic mass is 10.0. The lowest BCUT2D eigenvalue weighted by Crippen LogP contribution is -2.29. The monoisotopic (exact) mass is 274 g/mol. The van der Waals surface area contributed by atoms with Crippen molar-refractivity contribution in [3.05, 3.63) is 59.2 Å². The molecule has 2 aromatic rings. The van der Waals surface area contributed by atoms with Crippen LogP contribution in [0.25, 0.3) is 0 Å². The van der Waals surface area contributed by atoms with E-state index in [1.165, 1.54) is 12.1 Å². The maximum absolute atomic E-state index is 13.5. The molecule has 4 heteroatoms. The molecule has 20 heavy (non-hydrogen) atoms. The number of nitrogens with two attached hydrogens (primary N) is 1. The van der Waals surface area contributed by atoms with E-state index in [0.717, 1.165) is 36.2 Å². The molecule has 3 rings (SSSR count). The molecule has 0 bridgehead atoms. The number of anilines is 2. The molecular formula is C16H16F2N2. The van der Waals surface area contributed by atoms with Crippen LogP contribution in [0.2, 0.25) is 0 Å². The predicted molar refractivity (Wildman–Crippen MR) is 76.6 cm³/mol. The molecule has 0 unspecified atom stereocenters. The number of halogens is 2. The summed E-state index contributed by atoms with van der Waals surface area (Å²) in [6, 6.07) is 10.3. The minimum Gasteiger partial charge on any atom is -0.399 e. The summed E-state index contributed by atoms with van der Waals surface area (Å²) in [6.07, 6.45) is 1.74. The molecule has 0 spiro atoms. The molecule has 104 valence electrons. The van der Waals surface area contributed by atoms with Crippen LogP contribution < -0.4 is 10.6 Å². The fourth-order valence-corrected chi connectivity index (χ4v) is 2.73. The summed E-state index contributed by atoms with van der Waals surface area (Å²) in [4.78, 5) is 2.08. The SMILES string of the molecule is Nc1cccc(CN2CCCc3cc(F)c(F)cc32)c1. The van der Waals surface area contributed by atoms with Gasteiger partial charge in [0.05, 0.1) is 0 Å². The topological polar surface area (TPSA) is 29.3 Å². The molecule has 1 aliphatic rings. The number of nitrogens with zero attached hydrogens (tertiary/aromatic N) is 1. The van der Waals surface area contributed by atoms with Crippen LogP contribution in [0, 0.1) is 11.6 Å². The zero-order valence-electron chi connectivity index (χ0n) is 11.1. The van der Waals surface area contributed by atoms with Crippen molar-refractivity contribution in [1.82, 2.24) is 0 Å². The summed E-state index contributed by atoms with van der Waals surface area (Å²) in [5.41, 5.74) is 9.22. The van der Waals surface area contributed by atoms with Gasteiger partial charge < -0.3 is 10.6 Å². The highest BCUT2D eigenvalue weighted by atomic mass is 19.2. The Morgan fingerprint density at radius 3 is 2.70 bits per heavy atom. The van der Waals surface area contributed by atoms with Gasteiger partial charge in [-0.1, -0.05) is 12.1 Å². The first-order valence-corrected chi connectivity index (χ1v) is 6.71. The molecule has 1 heterocycles. The average molecular weight is 274 g/mol. The molecule has 1 aliphatic heterocycles. The van der Waals surface area contributed by atoms with E-state index in [2.05, 4.69) is 4.90 Å². The van der Waals surface area contributed by atoms with Crippen molar-refractivity contribution in [2.75, 3.05) is 17.2 Å². The summed E-state index contributed by atoms with van der Waals surface area (Å²) in [5, 5.41) is 0. The van der Waals surface area contributed by atoms with Crippen LogP contribution in [-0.2, 0) is 13.0 Å². The first-order valence-electron chi connectivity index (χ1n) is 6.71. The van der Waals surface area contributed by atoms with Gasteiger partial charge in [-0.25, -0.2) is 8.78 Å². The van der Waals surface area contributed by atoms with Crippen LogP contribution in [0.3, 0.4) is 0 Å². The van der Waals surface area contributed by atoms with Gasteiger partial charge >= 0.3 is 0 Å². The van der Waals surface area contributed by atoms with Crippen molar-refractivity contribution in [1.29, 1.82) is 0 Å². The van der Waals surface area contributed by atoms with Crippen molar-refractivity contribution in [3.8, 4) is 0 Å². The largest absolute Gasteiger partial charge is 0.399 e. The molecule has 0 aromatic heterocycles. The molecule has 0 saturated carbocycles. The van der Waals surface area contributed by atoms with Crippen LogP contribution in [0.4, 0.5) is 20.2 Å². The quantitative estimate of drug-likeness (QED) is 0.849. The fourth-order valence-electron chi connectivity index (χ4n) is 2.73. The molecule has 2 N–H and O–H groups in total. The van der Waals surface area contributed by atoms with Gasteiger partial charge in [0, 0.05) is 30.5 Å². The van der Waals surface area contributed by atoms with E-state index >= 15 is 0 Å². The van der Waals surface area contributed by atoms with E-state index in [9.17, 15) is 8.78 Å². The van der Waals surface area contributed by atoms with Gasteiger partial charge in [-0.2, -0.15) is 0 Å². The Bertz CT molecular complexity index is 640. The first kappa shape index (κ1) is 12.9.